The molecule has 0 bridgehead atoms. The van der Waals surface area contributed by atoms with E-state index in [-0.39, 0.29) is 31.1 Å². The molecule has 0 fully saturated rings. The Hall–Kier alpha value is -2.63. The summed E-state index contributed by atoms with van der Waals surface area (Å²) in [5.41, 5.74) is 0. The van der Waals surface area contributed by atoms with Gasteiger partial charge in [0.25, 0.3) is 0 Å². The highest BCUT2D eigenvalue weighted by molar-refractivity contribution is 5.71. The Kier molecular flexibility index (Phi) is 59.7. The fourth-order valence-electron chi connectivity index (χ4n) is 9.41. The normalized spacial score (nSPS) is 12.3. The van der Waals surface area contributed by atoms with Crippen molar-refractivity contribution in [3.63, 3.8) is 0 Å². The molecule has 0 radical (unpaired) electrons. The Morgan fingerprint density at radius 3 is 0.795 bits per heavy atom. The smallest absolute Gasteiger partial charge is 0.306 e. The number of rotatable bonds is 59. The fourth-order valence-corrected chi connectivity index (χ4v) is 9.41. The number of carbonyl (C=O) groups is 3. The van der Waals surface area contributed by atoms with Crippen molar-refractivity contribution in [3.8, 4) is 0 Å². The summed E-state index contributed by atoms with van der Waals surface area (Å²) >= 11 is 0. The highest BCUT2D eigenvalue weighted by Gasteiger charge is 2.19. The van der Waals surface area contributed by atoms with Gasteiger partial charge in [-0.2, -0.15) is 0 Å². The molecule has 0 saturated carbocycles. The molecule has 0 saturated heterocycles. The van der Waals surface area contributed by atoms with Gasteiger partial charge in [0, 0.05) is 19.3 Å². The monoisotopic (exact) mass is 1020 g/mol. The van der Waals surface area contributed by atoms with Crippen LogP contribution in [0.25, 0.3) is 0 Å². The molecule has 0 amide bonds. The first-order chi connectivity index (χ1) is 36.0. The van der Waals surface area contributed by atoms with Gasteiger partial charge in [0.05, 0.1) is 0 Å². The molecule has 6 nitrogen and oxygen atoms in total. The molecule has 0 heterocycles. The highest BCUT2D eigenvalue weighted by Crippen LogP contribution is 2.17. The molecule has 0 aliphatic rings. The van der Waals surface area contributed by atoms with Crippen molar-refractivity contribution >= 4 is 17.9 Å². The number of esters is 3. The van der Waals surface area contributed by atoms with Crippen LogP contribution in [-0.4, -0.2) is 37.2 Å². The molecule has 1 unspecified atom stereocenters. The second-order valence-electron chi connectivity index (χ2n) is 21.7. The van der Waals surface area contributed by atoms with Crippen LogP contribution in [0.2, 0.25) is 0 Å². The number of carbonyl (C=O) groups excluding carboxylic acids is 3. The molecule has 0 aliphatic heterocycles. The van der Waals surface area contributed by atoms with Crippen molar-refractivity contribution in [1.82, 2.24) is 0 Å². The maximum Gasteiger partial charge on any atom is 0.306 e. The first kappa shape index (κ1) is 70.4. The second kappa shape index (κ2) is 61.9. The van der Waals surface area contributed by atoms with Gasteiger partial charge in [-0.05, 0) is 103 Å². The molecule has 0 aromatic heterocycles. The molecule has 0 aromatic rings. The fraction of sp³-hybridized carbons (Fsp3) is 0.836. The van der Waals surface area contributed by atoms with Crippen LogP contribution in [-0.2, 0) is 28.6 Å². The van der Waals surface area contributed by atoms with E-state index in [1.807, 2.05) is 0 Å². The summed E-state index contributed by atoms with van der Waals surface area (Å²) in [5, 5.41) is 0. The largest absolute Gasteiger partial charge is 0.462 e. The van der Waals surface area contributed by atoms with E-state index in [2.05, 4.69) is 69.4 Å². The average molecular weight is 1020 g/mol. The van der Waals surface area contributed by atoms with Crippen LogP contribution >= 0.6 is 0 Å². The van der Waals surface area contributed by atoms with Crippen molar-refractivity contribution in [2.24, 2.45) is 0 Å². The summed E-state index contributed by atoms with van der Waals surface area (Å²) in [6.07, 6.45) is 76.9. The summed E-state index contributed by atoms with van der Waals surface area (Å²) in [5.74, 6) is -0.884. The summed E-state index contributed by atoms with van der Waals surface area (Å²) in [6.45, 7) is 6.63. The Morgan fingerprint density at radius 2 is 0.493 bits per heavy atom. The van der Waals surface area contributed by atoms with E-state index in [4.69, 9.17) is 14.2 Å². The molecule has 426 valence electrons. The molecule has 0 N–H and O–H groups in total. The van der Waals surface area contributed by atoms with E-state index in [0.717, 1.165) is 89.9 Å². The van der Waals surface area contributed by atoms with Crippen LogP contribution in [0, 0.1) is 0 Å². The zero-order valence-corrected chi connectivity index (χ0v) is 48.9. The van der Waals surface area contributed by atoms with Crippen LogP contribution in [0.3, 0.4) is 0 Å². The van der Waals surface area contributed by atoms with Crippen LogP contribution in [0.1, 0.15) is 342 Å². The molecule has 0 rings (SSSR count). The number of hydrogen-bond donors (Lipinski definition) is 0. The van der Waals surface area contributed by atoms with Gasteiger partial charge in [0.2, 0.25) is 0 Å². The van der Waals surface area contributed by atoms with Crippen LogP contribution in [0.15, 0.2) is 48.6 Å². The number of hydrogen-bond acceptors (Lipinski definition) is 6. The minimum absolute atomic E-state index is 0.0792. The van der Waals surface area contributed by atoms with Gasteiger partial charge >= 0.3 is 17.9 Å². The molecule has 73 heavy (non-hydrogen) atoms. The molecule has 6 heteroatoms. The third-order valence-corrected chi connectivity index (χ3v) is 14.3. The lowest BCUT2D eigenvalue weighted by atomic mass is 10.0. The molecular weight excluding hydrogens is 901 g/mol. The van der Waals surface area contributed by atoms with Crippen molar-refractivity contribution in [3.05, 3.63) is 48.6 Å². The van der Waals surface area contributed by atoms with E-state index in [1.54, 1.807) is 0 Å². The van der Waals surface area contributed by atoms with Crippen molar-refractivity contribution in [1.29, 1.82) is 0 Å². The Balaban J connectivity index is 4.28. The second-order valence-corrected chi connectivity index (χ2v) is 21.7. The van der Waals surface area contributed by atoms with Gasteiger partial charge in [-0.3, -0.25) is 14.4 Å². The SMILES string of the molecule is CCCCC/C=C\C/C=C\CCCCCCCC(=O)OC(COC(=O)CCCCCCC/C=C\CCCCCCCC)COC(=O)CCCCCCCCCCCCCCC/C=C\CCCCCCCCCC. The van der Waals surface area contributed by atoms with Crippen LogP contribution < -0.4 is 0 Å². The number of allylic oxidation sites excluding steroid dienone is 8. The van der Waals surface area contributed by atoms with Gasteiger partial charge in [0.15, 0.2) is 6.10 Å². The minimum atomic E-state index is -0.783. The van der Waals surface area contributed by atoms with Gasteiger partial charge < -0.3 is 14.2 Å². The lowest BCUT2D eigenvalue weighted by Crippen LogP contribution is -2.30. The summed E-state index contributed by atoms with van der Waals surface area (Å²) in [6, 6.07) is 0. The Labute approximate surface area is 454 Å². The molecule has 0 aliphatic carbocycles. The predicted molar refractivity (Wildman–Crippen MR) is 316 cm³/mol. The molecule has 1 atom stereocenters. The van der Waals surface area contributed by atoms with Crippen LogP contribution in [0.4, 0.5) is 0 Å². The predicted octanol–water partition coefficient (Wildman–Crippen LogP) is 21.8. The Bertz CT molecular complexity index is 1270. The number of ether oxygens (including phenoxy) is 3. The quantitative estimate of drug-likeness (QED) is 0.0261. The van der Waals surface area contributed by atoms with Crippen LogP contribution in [0.5, 0.6) is 0 Å². The zero-order valence-electron chi connectivity index (χ0n) is 48.9. The van der Waals surface area contributed by atoms with Crippen molar-refractivity contribution in [2.45, 2.75) is 348 Å². The molecule has 0 aromatic carbocycles. The lowest BCUT2D eigenvalue weighted by molar-refractivity contribution is -0.167. The number of unbranched alkanes of at least 4 members (excludes halogenated alkanes) is 40. The summed E-state index contributed by atoms with van der Waals surface area (Å²) in [7, 11) is 0. The lowest BCUT2D eigenvalue weighted by Gasteiger charge is -2.18. The van der Waals surface area contributed by atoms with Gasteiger partial charge in [0.1, 0.15) is 13.2 Å². The third-order valence-electron chi connectivity index (χ3n) is 14.3. The standard InChI is InChI=1S/C67H122O6/c1-4-7-10-13-16-19-22-25-28-29-30-31-32-33-34-35-36-37-40-42-45-48-51-54-57-60-66(69)72-63-64(73-67(70)61-58-55-52-49-46-43-39-27-24-21-18-15-12-9-6-3)62-71-65(68)59-56-53-50-47-44-41-38-26-23-20-17-14-11-8-5-2/h18,21,26-27,29-30,38-39,64H,4-17,19-20,22-25,28,31-37,40-63H2,1-3H3/b21-18-,30-29-,38-26-,39-27-. The summed E-state index contributed by atoms with van der Waals surface area (Å²) in [4.78, 5) is 38.3. The topological polar surface area (TPSA) is 78.9 Å². The maximum absolute atomic E-state index is 12.9. The van der Waals surface area contributed by atoms with Crippen molar-refractivity contribution in [2.75, 3.05) is 13.2 Å². The van der Waals surface area contributed by atoms with E-state index in [9.17, 15) is 14.4 Å². The zero-order chi connectivity index (χ0) is 52.9. The first-order valence-electron chi connectivity index (χ1n) is 32.1. The third kappa shape index (κ3) is 60.1. The van der Waals surface area contributed by atoms with E-state index < -0.39 is 6.10 Å². The van der Waals surface area contributed by atoms with Gasteiger partial charge in [-0.1, -0.05) is 268 Å². The first-order valence-corrected chi connectivity index (χ1v) is 32.1. The molecular formula is C67H122O6. The average Bonchev–Trinajstić information content (AvgIpc) is 3.39. The van der Waals surface area contributed by atoms with E-state index in [0.29, 0.717) is 19.3 Å². The van der Waals surface area contributed by atoms with Crippen molar-refractivity contribution < 1.29 is 28.6 Å². The molecule has 0 spiro atoms. The highest BCUT2D eigenvalue weighted by atomic mass is 16.6. The van der Waals surface area contributed by atoms with E-state index >= 15 is 0 Å². The Morgan fingerprint density at radius 1 is 0.274 bits per heavy atom. The van der Waals surface area contributed by atoms with Gasteiger partial charge in [-0.15, -0.1) is 0 Å². The van der Waals surface area contributed by atoms with E-state index in [1.165, 1.54) is 212 Å². The maximum atomic E-state index is 12.9. The minimum Gasteiger partial charge on any atom is -0.462 e. The summed E-state index contributed by atoms with van der Waals surface area (Å²) < 4.78 is 16.9. The van der Waals surface area contributed by atoms with Gasteiger partial charge in [-0.25, -0.2) is 0 Å².